The predicted molar refractivity (Wildman–Crippen MR) is 166 cm³/mol. The fourth-order valence-corrected chi connectivity index (χ4v) is 6.23. The number of para-hydroxylation sites is 2. The van der Waals surface area contributed by atoms with E-state index in [1.54, 1.807) is 0 Å². The van der Waals surface area contributed by atoms with Crippen LogP contribution in [0.1, 0.15) is 11.1 Å². The molecule has 0 amide bonds. The number of hydrogen-bond donors (Lipinski definition) is 0. The second-order valence-corrected chi connectivity index (χ2v) is 10.6. The molecule has 0 spiro atoms. The maximum Gasteiger partial charge on any atom is 0.0794 e. The summed E-state index contributed by atoms with van der Waals surface area (Å²) < 4.78 is 2.35. The van der Waals surface area contributed by atoms with E-state index < -0.39 is 0 Å². The van der Waals surface area contributed by atoms with Gasteiger partial charge in [0.15, 0.2) is 0 Å². The first kappa shape index (κ1) is 22.1. The van der Waals surface area contributed by atoms with Crippen LogP contribution in [0, 0.1) is 13.8 Å². The van der Waals surface area contributed by atoms with Crippen molar-refractivity contribution >= 4 is 54.3 Å². The number of hydrogen-bond acceptors (Lipinski definition) is 1. The minimum atomic E-state index is 0.990. The first-order valence-corrected chi connectivity index (χ1v) is 13.5. The molecule has 2 heterocycles. The lowest BCUT2D eigenvalue weighted by atomic mass is 9.94. The van der Waals surface area contributed by atoms with Crippen LogP contribution in [-0.2, 0) is 0 Å². The Labute approximate surface area is 226 Å². The van der Waals surface area contributed by atoms with E-state index in [4.69, 9.17) is 4.98 Å². The van der Waals surface area contributed by atoms with E-state index in [9.17, 15) is 0 Å². The number of benzene rings is 6. The van der Waals surface area contributed by atoms with Crippen LogP contribution in [0.3, 0.4) is 0 Å². The molecule has 0 aliphatic carbocycles. The molecule has 2 nitrogen and oxygen atoms in total. The van der Waals surface area contributed by atoms with Gasteiger partial charge in [0.05, 0.1) is 22.2 Å². The normalized spacial score (nSPS) is 11.8. The zero-order valence-electron chi connectivity index (χ0n) is 21.9. The van der Waals surface area contributed by atoms with Crippen LogP contribution in [0.5, 0.6) is 0 Å². The lowest BCUT2D eigenvalue weighted by molar-refractivity contribution is 1.18. The molecule has 39 heavy (non-hydrogen) atoms. The Balaban J connectivity index is 1.31. The van der Waals surface area contributed by atoms with Crippen molar-refractivity contribution in [2.24, 2.45) is 0 Å². The summed E-state index contributed by atoms with van der Waals surface area (Å²) in [5.41, 5.74) is 9.30. The highest BCUT2D eigenvalue weighted by atomic mass is 15.0. The zero-order valence-corrected chi connectivity index (χ0v) is 21.9. The number of fused-ring (bicyclic) bond motifs is 9. The van der Waals surface area contributed by atoms with Gasteiger partial charge in [0.25, 0.3) is 0 Å². The minimum Gasteiger partial charge on any atom is -0.309 e. The van der Waals surface area contributed by atoms with E-state index in [-0.39, 0.29) is 0 Å². The van der Waals surface area contributed by atoms with Crippen molar-refractivity contribution in [2.45, 2.75) is 13.8 Å². The Morgan fingerprint density at radius 3 is 1.67 bits per heavy atom. The van der Waals surface area contributed by atoms with Crippen molar-refractivity contribution in [1.29, 1.82) is 0 Å². The molecule has 0 unspecified atom stereocenters. The smallest absolute Gasteiger partial charge is 0.0794 e. The molecule has 0 saturated carbocycles. The second-order valence-electron chi connectivity index (χ2n) is 10.6. The summed E-state index contributed by atoms with van der Waals surface area (Å²) in [6.45, 7) is 4.32. The van der Waals surface area contributed by atoms with Gasteiger partial charge in [0, 0.05) is 32.8 Å². The van der Waals surface area contributed by atoms with Crippen molar-refractivity contribution in [3.63, 3.8) is 0 Å². The summed E-state index contributed by atoms with van der Waals surface area (Å²) in [5.74, 6) is 0. The van der Waals surface area contributed by atoms with Gasteiger partial charge >= 0.3 is 0 Å². The largest absolute Gasteiger partial charge is 0.309 e. The number of pyridine rings is 1. The average Bonchev–Trinajstić information content (AvgIpc) is 3.31. The lowest BCUT2D eigenvalue weighted by Gasteiger charge is -2.13. The second kappa shape index (κ2) is 8.28. The van der Waals surface area contributed by atoms with Gasteiger partial charge in [-0.15, -0.1) is 0 Å². The average molecular weight is 499 g/mol. The molecule has 8 rings (SSSR count). The van der Waals surface area contributed by atoms with Crippen LogP contribution in [0.25, 0.3) is 71.2 Å². The Bertz CT molecular complexity index is 2180. The van der Waals surface area contributed by atoms with Crippen molar-refractivity contribution in [3.05, 3.63) is 132 Å². The molecule has 0 radical (unpaired) electrons. The molecular weight excluding hydrogens is 472 g/mol. The molecule has 0 saturated heterocycles. The summed E-state index contributed by atoms with van der Waals surface area (Å²) in [6, 6.07) is 44.0. The third-order valence-electron chi connectivity index (χ3n) is 8.08. The van der Waals surface area contributed by atoms with E-state index >= 15 is 0 Å². The molecule has 0 bridgehead atoms. The summed E-state index contributed by atoms with van der Waals surface area (Å²) in [6.07, 6.45) is 0. The van der Waals surface area contributed by atoms with E-state index in [1.807, 2.05) is 0 Å². The highest BCUT2D eigenvalue weighted by Crippen LogP contribution is 2.37. The zero-order chi connectivity index (χ0) is 26.1. The van der Waals surface area contributed by atoms with Crippen LogP contribution in [0.15, 0.2) is 121 Å². The molecule has 2 heteroatoms. The summed E-state index contributed by atoms with van der Waals surface area (Å²) in [7, 11) is 0. The summed E-state index contributed by atoms with van der Waals surface area (Å²) >= 11 is 0. The molecule has 0 aliphatic rings. The fourth-order valence-electron chi connectivity index (χ4n) is 6.23. The number of rotatable bonds is 2. The van der Waals surface area contributed by atoms with Crippen LogP contribution >= 0.6 is 0 Å². The van der Waals surface area contributed by atoms with E-state index in [1.165, 1.54) is 59.9 Å². The van der Waals surface area contributed by atoms with Gasteiger partial charge in [-0.25, -0.2) is 4.98 Å². The monoisotopic (exact) mass is 498 g/mol. The Hall–Kier alpha value is -4.95. The van der Waals surface area contributed by atoms with Gasteiger partial charge in [-0.1, -0.05) is 96.1 Å². The molecule has 0 atom stereocenters. The third kappa shape index (κ3) is 3.31. The SMILES string of the molecule is Cc1ccc2c(c1)c1cc(C)ccc1c1nc(-c3ccc(-n4c5ccccc5c5ccccc54)cc3)ccc21. The Morgan fingerprint density at radius 2 is 1.00 bits per heavy atom. The highest BCUT2D eigenvalue weighted by Gasteiger charge is 2.14. The van der Waals surface area contributed by atoms with Crippen LogP contribution < -0.4 is 0 Å². The summed E-state index contributed by atoms with van der Waals surface area (Å²) in [5, 5.41) is 8.79. The molecule has 6 aromatic carbocycles. The van der Waals surface area contributed by atoms with Crippen molar-refractivity contribution < 1.29 is 0 Å². The van der Waals surface area contributed by atoms with Crippen LogP contribution in [0.4, 0.5) is 0 Å². The fraction of sp³-hybridized carbons (Fsp3) is 0.0541. The van der Waals surface area contributed by atoms with Crippen LogP contribution in [0.2, 0.25) is 0 Å². The first-order valence-electron chi connectivity index (χ1n) is 13.5. The van der Waals surface area contributed by atoms with Crippen LogP contribution in [-0.4, -0.2) is 9.55 Å². The van der Waals surface area contributed by atoms with Gasteiger partial charge in [0.2, 0.25) is 0 Å². The Morgan fingerprint density at radius 1 is 0.462 bits per heavy atom. The number of aromatic nitrogens is 2. The highest BCUT2D eigenvalue weighted by molar-refractivity contribution is 6.24. The standard InChI is InChI=1S/C37H26N2/c1-23-11-17-27-30-19-20-34(38-37(30)31-18-12-24(2)22-33(31)32(27)21-23)25-13-15-26(16-14-25)39-35-9-5-3-7-28(35)29-8-4-6-10-36(29)39/h3-22H,1-2H3. The molecule has 0 fully saturated rings. The van der Waals surface area contributed by atoms with E-state index in [0.29, 0.717) is 0 Å². The molecule has 184 valence electrons. The first-order chi connectivity index (χ1) is 19.2. The van der Waals surface area contributed by atoms with Gasteiger partial charge in [-0.2, -0.15) is 0 Å². The predicted octanol–water partition coefficient (Wildman–Crippen LogP) is 9.92. The van der Waals surface area contributed by atoms with Gasteiger partial charge in [-0.3, -0.25) is 0 Å². The van der Waals surface area contributed by atoms with E-state index in [2.05, 4.69) is 140 Å². The third-order valence-corrected chi connectivity index (χ3v) is 8.08. The molecule has 2 aromatic heterocycles. The van der Waals surface area contributed by atoms with Crippen molar-refractivity contribution in [2.75, 3.05) is 0 Å². The topological polar surface area (TPSA) is 17.8 Å². The van der Waals surface area contributed by atoms with E-state index in [0.717, 1.165) is 22.5 Å². The van der Waals surface area contributed by atoms with Gasteiger partial charge in [0.1, 0.15) is 0 Å². The maximum atomic E-state index is 5.26. The summed E-state index contributed by atoms with van der Waals surface area (Å²) in [4.78, 5) is 5.26. The molecular formula is C37H26N2. The molecule has 0 aliphatic heterocycles. The maximum absolute atomic E-state index is 5.26. The minimum absolute atomic E-state index is 0.990. The number of aryl methyl sites for hydroxylation is 2. The van der Waals surface area contributed by atoms with Crippen molar-refractivity contribution in [3.8, 4) is 16.9 Å². The molecule has 8 aromatic rings. The van der Waals surface area contributed by atoms with Gasteiger partial charge in [-0.05, 0) is 66.4 Å². The lowest BCUT2D eigenvalue weighted by Crippen LogP contribution is -1.94. The van der Waals surface area contributed by atoms with Gasteiger partial charge < -0.3 is 4.57 Å². The Kier molecular flexibility index (Phi) is 4.68. The number of nitrogens with zero attached hydrogens (tertiary/aromatic N) is 2. The van der Waals surface area contributed by atoms with Crippen molar-refractivity contribution in [1.82, 2.24) is 9.55 Å². The molecule has 0 N–H and O–H groups in total. The quantitative estimate of drug-likeness (QED) is 0.217.